The molecule has 0 bridgehead atoms. The zero-order valence-electron chi connectivity index (χ0n) is 14.8. The summed E-state index contributed by atoms with van der Waals surface area (Å²) in [5.74, 6) is -0.871. The molecule has 0 spiro atoms. The fourth-order valence-electron chi connectivity index (χ4n) is 2.47. The molecule has 1 aromatic rings. The van der Waals surface area contributed by atoms with Crippen molar-refractivity contribution in [2.45, 2.75) is 40.0 Å². The first-order valence-electron chi connectivity index (χ1n) is 8.34. The zero-order chi connectivity index (χ0) is 18.4. The van der Waals surface area contributed by atoms with Gasteiger partial charge >= 0.3 is 5.97 Å². The van der Waals surface area contributed by atoms with Gasteiger partial charge in [-0.25, -0.2) is 5.01 Å². The summed E-state index contributed by atoms with van der Waals surface area (Å²) < 4.78 is 4.81. The number of hydrogen-bond donors (Lipinski definition) is 1. The van der Waals surface area contributed by atoms with Crippen LogP contribution in [0.25, 0.3) is 0 Å². The molecule has 0 atom stereocenters. The minimum Gasteiger partial charge on any atom is -0.466 e. The molecule has 7 nitrogen and oxygen atoms in total. The number of aryl methyl sites for hydroxylation is 2. The number of amides is 2. The van der Waals surface area contributed by atoms with Crippen molar-refractivity contribution in [2.75, 3.05) is 18.2 Å². The fraction of sp³-hybridized carbons (Fsp3) is 0.444. The predicted molar refractivity (Wildman–Crippen MR) is 94.3 cm³/mol. The van der Waals surface area contributed by atoms with Crippen molar-refractivity contribution in [3.63, 3.8) is 0 Å². The lowest BCUT2D eigenvalue weighted by molar-refractivity contribution is -0.143. The van der Waals surface area contributed by atoms with Crippen molar-refractivity contribution in [2.24, 2.45) is 5.10 Å². The first-order chi connectivity index (χ1) is 11.9. The number of hydrazone groups is 1. The monoisotopic (exact) mass is 345 g/mol. The molecule has 1 heterocycles. The molecule has 1 N–H and O–H groups in total. The van der Waals surface area contributed by atoms with Crippen molar-refractivity contribution >= 4 is 29.2 Å². The highest BCUT2D eigenvalue weighted by molar-refractivity contribution is 6.40. The maximum absolute atomic E-state index is 12.2. The van der Waals surface area contributed by atoms with Crippen molar-refractivity contribution in [3.05, 3.63) is 29.3 Å². The number of ether oxygens (including phenoxy) is 1. The highest BCUT2D eigenvalue weighted by Gasteiger charge is 2.26. The van der Waals surface area contributed by atoms with Crippen molar-refractivity contribution in [1.29, 1.82) is 0 Å². The van der Waals surface area contributed by atoms with Crippen LogP contribution >= 0.6 is 0 Å². The molecule has 0 radical (unpaired) electrons. The van der Waals surface area contributed by atoms with E-state index in [0.29, 0.717) is 12.3 Å². The standard InChI is InChI=1S/C18H23N3O4/c1-4-25-17(23)9-10-19-18(24)14-7-8-16(22)21(20-14)15-11-12(2)5-6-13(15)3/h5-6,11H,4,7-10H2,1-3H3,(H,19,24). The molecule has 0 aliphatic carbocycles. The van der Waals surface area contributed by atoms with Crippen LogP contribution in [0.15, 0.2) is 23.3 Å². The molecule has 0 aromatic heterocycles. The number of nitrogens with one attached hydrogen (secondary N) is 1. The largest absolute Gasteiger partial charge is 0.466 e. The third kappa shape index (κ3) is 4.89. The molecule has 1 aliphatic heterocycles. The van der Waals surface area contributed by atoms with Crippen LogP contribution in [0.5, 0.6) is 0 Å². The Morgan fingerprint density at radius 2 is 2.04 bits per heavy atom. The average Bonchev–Trinajstić information content (AvgIpc) is 2.58. The van der Waals surface area contributed by atoms with Crippen LogP contribution in [0.1, 0.15) is 37.3 Å². The van der Waals surface area contributed by atoms with Gasteiger partial charge in [-0.15, -0.1) is 0 Å². The van der Waals surface area contributed by atoms with Gasteiger partial charge in [0, 0.05) is 19.4 Å². The lowest BCUT2D eigenvalue weighted by Crippen LogP contribution is -2.40. The SMILES string of the molecule is CCOC(=O)CCNC(=O)C1=NN(c2cc(C)ccc2C)C(=O)CC1. The van der Waals surface area contributed by atoms with E-state index in [4.69, 9.17) is 4.74 Å². The summed E-state index contributed by atoms with van der Waals surface area (Å²) in [6.07, 6.45) is 0.607. The first kappa shape index (κ1) is 18.6. The maximum atomic E-state index is 12.2. The Morgan fingerprint density at radius 1 is 1.28 bits per heavy atom. The van der Waals surface area contributed by atoms with E-state index in [2.05, 4.69) is 10.4 Å². The van der Waals surface area contributed by atoms with Crippen molar-refractivity contribution < 1.29 is 19.1 Å². The van der Waals surface area contributed by atoms with E-state index >= 15 is 0 Å². The quantitative estimate of drug-likeness (QED) is 0.797. The van der Waals surface area contributed by atoms with Crippen LogP contribution in [0.4, 0.5) is 5.69 Å². The molecule has 0 saturated carbocycles. The van der Waals surface area contributed by atoms with E-state index in [1.54, 1.807) is 6.92 Å². The number of rotatable bonds is 6. The predicted octanol–water partition coefficient (Wildman–Crippen LogP) is 1.86. The summed E-state index contributed by atoms with van der Waals surface area (Å²) in [7, 11) is 0. The molecule has 0 fully saturated rings. The highest BCUT2D eigenvalue weighted by atomic mass is 16.5. The van der Waals surface area contributed by atoms with Gasteiger partial charge in [0.1, 0.15) is 5.71 Å². The number of benzene rings is 1. The molecule has 1 aliphatic rings. The van der Waals surface area contributed by atoms with E-state index in [-0.39, 0.29) is 49.3 Å². The Hall–Kier alpha value is -2.70. The van der Waals surface area contributed by atoms with Gasteiger partial charge in [0.2, 0.25) is 5.91 Å². The highest BCUT2D eigenvalue weighted by Crippen LogP contribution is 2.25. The Labute approximate surface area is 147 Å². The number of hydrogen-bond acceptors (Lipinski definition) is 5. The molecule has 134 valence electrons. The molecule has 0 unspecified atom stereocenters. The maximum Gasteiger partial charge on any atom is 0.307 e. The molecule has 25 heavy (non-hydrogen) atoms. The second-order valence-electron chi connectivity index (χ2n) is 5.85. The number of carbonyl (C=O) groups excluding carboxylic acids is 3. The zero-order valence-corrected chi connectivity index (χ0v) is 14.8. The third-order valence-corrected chi connectivity index (χ3v) is 3.81. The Kier molecular flexibility index (Phi) is 6.27. The van der Waals surface area contributed by atoms with Crippen LogP contribution in [-0.2, 0) is 19.1 Å². The van der Waals surface area contributed by atoms with E-state index in [1.165, 1.54) is 5.01 Å². The van der Waals surface area contributed by atoms with Crippen molar-refractivity contribution in [1.82, 2.24) is 5.32 Å². The average molecular weight is 345 g/mol. The molecule has 1 aromatic carbocycles. The lowest BCUT2D eigenvalue weighted by Gasteiger charge is -2.24. The number of anilines is 1. The van der Waals surface area contributed by atoms with Gasteiger partial charge in [-0.1, -0.05) is 12.1 Å². The second kappa shape index (κ2) is 8.41. The van der Waals surface area contributed by atoms with Gasteiger partial charge in [-0.05, 0) is 38.0 Å². The minimum atomic E-state index is -0.368. The van der Waals surface area contributed by atoms with Gasteiger partial charge in [-0.2, -0.15) is 5.10 Å². The van der Waals surface area contributed by atoms with E-state index in [9.17, 15) is 14.4 Å². The Morgan fingerprint density at radius 3 is 2.76 bits per heavy atom. The second-order valence-corrected chi connectivity index (χ2v) is 5.85. The molecule has 2 rings (SSSR count). The van der Waals surface area contributed by atoms with Gasteiger partial charge in [0.15, 0.2) is 0 Å². The van der Waals surface area contributed by atoms with Crippen molar-refractivity contribution in [3.8, 4) is 0 Å². The summed E-state index contributed by atoms with van der Waals surface area (Å²) in [6.45, 7) is 6.04. The van der Waals surface area contributed by atoms with E-state index in [1.807, 2.05) is 32.0 Å². The molecular weight excluding hydrogens is 322 g/mol. The summed E-state index contributed by atoms with van der Waals surface area (Å²) in [6, 6.07) is 5.75. The first-order valence-corrected chi connectivity index (χ1v) is 8.34. The summed E-state index contributed by atoms with van der Waals surface area (Å²) in [4.78, 5) is 35.8. The van der Waals surface area contributed by atoms with Gasteiger partial charge in [0.05, 0.1) is 18.7 Å². The van der Waals surface area contributed by atoms with Crippen LogP contribution in [-0.4, -0.2) is 36.6 Å². The van der Waals surface area contributed by atoms with Gasteiger partial charge in [-0.3, -0.25) is 14.4 Å². The number of carbonyl (C=O) groups is 3. The minimum absolute atomic E-state index is 0.104. The van der Waals surface area contributed by atoms with Gasteiger partial charge in [0.25, 0.3) is 5.91 Å². The van der Waals surface area contributed by atoms with E-state index in [0.717, 1.165) is 11.1 Å². The number of esters is 1. The normalized spacial score (nSPS) is 14.1. The molecule has 0 saturated heterocycles. The third-order valence-electron chi connectivity index (χ3n) is 3.81. The lowest BCUT2D eigenvalue weighted by atomic mass is 10.1. The summed E-state index contributed by atoms with van der Waals surface area (Å²) >= 11 is 0. The Bertz CT molecular complexity index is 712. The fourth-order valence-corrected chi connectivity index (χ4v) is 2.47. The summed E-state index contributed by atoms with van der Waals surface area (Å²) in [5.41, 5.74) is 2.88. The van der Waals surface area contributed by atoms with E-state index < -0.39 is 0 Å². The molecule has 7 heteroatoms. The Balaban J connectivity index is 2.08. The molecule has 2 amide bonds. The summed E-state index contributed by atoms with van der Waals surface area (Å²) in [5, 5.41) is 8.18. The topological polar surface area (TPSA) is 88.1 Å². The van der Waals surface area contributed by atoms with Crippen LogP contribution in [0, 0.1) is 13.8 Å². The molecular formula is C18H23N3O4. The van der Waals surface area contributed by atoms with Crippen LogP contribution in [0.3, 0.4) is 0 Å². The smallest absolute Gasteiger partial charge is 0.307 e. The van der Waals surface area contributed by atoms with Gasteiger partial charge < -0.3 is 10.1 Å². The van der Waals surface area contributed by atoms with Crippen LogP contribution in [0.2, 0.25) is 0 Å². The number of nitrogens with zero attached hydrogens (tertiary/aromatic N) is 2. The van der Waals surface area contributed by atoms with Crippen LogP contribution < -0.4 is 10.3 Å².